The molecule has 1 saturated heterocycles. The maximum Gasteiger partial charge on any atom is 0.410 e. The van der Waals surface area contributed by atoms with Crippen LogP contribution >= 0.6 is 0 Å². The third kappa shape index (κ3) is 8.18. The molecule has 52 heavy (non-hydrogen) atoms. The molecule has 0 spiro atoms. The molecule has 5 amide bonds. The molecular weight excluding hydrogens is 704 g/mol. The first-order chi connectivity index (χ1) is 24.5. The number of carbonyl (C=O) groups is 5. The zero-order valence-electron chi connectivity index (χ0n) is 29.4. The van der Waals surface area contributed by atoms with Gasteiger partial charge < -0.3 is 25.0 Å². The van der Waals surface area contributed by atoms with Crippen molar-refractivity contribution in [3.05, 3.63) is 47.0 Å². The Morgan fingerprint density at radius 1 is 1.00 bits per heavy atom. The average Bonchev–Trinajstić information content (AvgIpc) is 3.94. The van der Waals surface area contributed by atoms with Gasteiger partial charge in [-0.15, -0.1) is 0 Å². The number of nitrogens with zero attached hydrogens (tertiary/aromatic N) is 2. The van der Waals surface area contributed by atoms with E-state index in [2.05, 4.69) is 15.4 Å². The van der Waals surface area contributed by atoms with Gasteiger partial charge in [0.15, 0.2) is 0 Å². The zero-order valence-corrected chi connectivity index (χ0v) is 30.2. The highest BCUT2D eigenvalue weighted by molar-refractivity contribution is 7.91. The first kappa shape index (κ1) is 37.5. The van der Waals surface area contributed by atoms with Crippen LogP contribution in [0.15, 0.2) is 24.3 Å². The van der Waals surface area contributed by atoms with Crippen LogP contribution < -0.4 is 15.4 Å². The number of nitrogens with one attached hydrogen (secondary N) is 3. The Bertz CT molecular complexity index is 1750. The molecule has 0 aromatic heterocycles. The van der Waals surface area contributed by atoms with Gasteiger partial charge in [-0.2, -0.15) is 0 Å². The fourth-order valence-electron chi connectivity index (χ4n) is 7.06. The lowest BCUT2D eigenvalue weighted by Gasteiger charge is -2.30. The Hall–Kier alpha value is -4.28. The molecule has 2 aliphatic carbocycles. The monoisotopic (exact) mass is 749 g/mol. The van der Waals surface area contributed by atoms with E-state index in [-0.39, 0.29) is 50.0 Å². The summed E-state index contributed by atoms with van der Waals surface area (Å²) < 4.78 is 67.6. The Labute approximate surface area is 301 Å². The van der Waals surface area contributed by atoms with Gasteiger partial charge in [-0.05, 0) is 71.4 Å². The minimum absolute atomic E-state index is 0.0296. The molecule has 3 heterocycles. The number of amides is 5. The molecule has 0 bridgehead atoms. The van der Waals surface area contributed by atoms with Crippen LogP contribution in [-0.2, 0) is 47.0 Å². The number of hydrogen-bond acceptors (Lipinski definition) is 9. The third-order valence-corrected chi connectivity index (χ3v) is 11.9. The second kappa shape index (κ2) is 14.3. The average molecular weight is 750 g/mol. The largest absolute Gasteiger partial charge is 0.444 e. The van der Waals surface area contributed by atoms with Crippen molar-refractivity contribution in [2.75, 3.05) is 6.54 Å². The highest BCUT2D eigenvalue weighted by Crippen LogP contribution is 2.46. The molecule has 0 unspecified atom stereocenters. The van der Waals surface area contributed by atoms with E-state index in [9.17, 15) is 41.2 Å². The molecule has 14 nitrogen and oxygen atoms in total. The van der Waals surface area contributed by atoms with Crippen molar-refractivity contribution in [1.29, 1.82) is 0 Å². The van der Waals surface area contributed by atoms with Crippen LogP contribution in [0.5, 0.6) is 0 Å². The first-order valence-electron chi connectivity index (χ1n) is 17.7. The second-order valence-corrected chi connectivity index (χ2v) is 17.3. The normalized spacial score (nSPS) is 28.6. The summed E-state index contributed by atoms with van der Waals surface area (Å²) in [4.78, 5) is 70.5. The molecule has 5 aliphatic rings. The van der Waals surface area contributed by atoms with Crippen molar-refractivity contribution < 1.29 is 50.6 Å². The van der Waals surface area contributed by atoms with E-state index in [0.717, 1.165) is 23.5 Å². The van der Waals surface area contributed by atoms with E-state index in [4.69, 9.17) is 9.47 Å². The molecule has 5 atom stereocenters. The van der Waals surface area contributed by atoms with Gasteiger partial charge in [0, 0.05) is 23.5 Å². The lowest BCUT2D eigenvalue weighted by atomic mass is 10.0. The molecule has 3 fully saturated rings. The van der Waals surface area contributed by atoms with E-state index in [1.807, 2.05) is 6.08 Å². The maximum atomic E-state index is 14.4. The van der Waals surface area contributed by atoms with Crippen molar-refractivity contribution in [2.45, 2.75) is 126 Å². The zero-order chi connectivity index (χ0) is 37.6. The van der Waals surface area contributed by atoms with Gasteiger partial charge in [0.2, 0.25) is 21.8 Å². The minimum atomic E-state index is -3.95. The fraction of sp³-hybridized carbons (Fsp3) is 0.629. The van der Waals surface area contributed by atoms with Crippen molar-refractivity contribution in [3.8, 4) is 0 Å². The molecule has 3 aliphatic heterocycles. The fourth-order valence-corrected chi connectivity index (χ4v) is 8.42. The van der Waals surface area contributed by atoms with Crippen LogP contribution in [0.4, 0.5) is 18.4 Å². The standard InChI is InChI=1S/C35H45F2N5O9S/c1-34(2,3)51-32(46)38-27-10-8-6-4-5-7-9-20-16-35(20,31(45)40-52(48,49)22-11-12-22)39-29(43)28-15-21(17-42(28)30(27)44)50-33(47)41-18-23-24(19-41)26(37)14-13-25(23)36/h7,9,13-14,20-22,27-28H,4-6,8,10-12,15-19H2,1-3H3,(H,38,46)(H,39,43)(H,40,45)/b9-7+/t20-,21-,27+,28+,35-/m1/s1. The molecule has 1 aromatic rings. The van der Waals surface area contributed by atoms with Gasteiger partial charge in [0.1, 0.15) is 41.0 Å². The van der Waals surface area contributed by atoms with Gasteiger partial charge in [0.05, 0.1) is 24.9 Å². The summed E-state index contributed by atoms with van der Waals surface area (Å²) in [5, 5.41) is 4.70. The van der Waals surface area contributed by atoms with Crippen LogP contribution in [0.2, 0.25) is 0 Å². The van der Waals surface area contributed by atoms with Crippen LogP contribution in [0.3, 0.4) is 0 Å². The smallest absolute Gasteiger partial charge is 0.410 e. The van der Waals surface area contributed by atoms with Crippen LogP contribution in [0.25, 0.3) is 0 Å². The highest BCUT2D eigenvalue weighted by Gasteiger charge is 2.62. The summed E-state index contributed by atoms with van der Waals surface area (Å²) >= 11 is 0. The SMILES string of the molecule is CC(C)(C)OC(=O)N[C@H]1CCCCC/C=C/[C@@H]2C[C@@]2(C(=O)NS(=O)(=O)C2CC2)NC(=O)[C@@H]2C[C@@H](OC(=O)N3Cc4c(F)ccc(F)c4C3)CN2C1=O. The summed E-state index contributed by atoms with van der Waals surface area (Å²) in [5.74, 6) is -4.12. The van der Waals surface area contributed by atoms with Crippen molar-refractivity contribution in [3.63, 3.8) is 0 Å². The number of fused-ring (bicyclic) bond motifs is 3. The predicted molar refractivity (Wildman–Crippen MR) is 180 cm³/mol. The van der Waals surface area contributed by atoms with Crippen LogP contribution in [-0.4, -0.2) is 89.2 Å². The number of allylic oxidation sites excluding steroid dienone is 1. The van der Waals surface area contributed by atoms with Crippen LogP contribution in [0.1, 0.15) is 89.7 Å². The summed E-state index contributed by atoms with van der Waals surface area (Å²) in [6, 6.07) is -0.453. The third-order valence-electron chi connectivity index (χ3n) is 10.1. The number of hydrogen-bond donors (Lipinski definition) is 3. The van der Waals surface area contributed by atoms with Gasteiger partial charge >= 0.3 is 12.2 Å². The highest BCUT2D eigenvalue weighted by atomic mass is 32.2. The van der Waals surface area contributed by atoms with Gasteiger partial charge in [-0.1, -0.05) is 25.0 Å². The quantitative estimate of drug-likeness (QED) is 0.381. The summed E-state index contributed by atoms with van der Waals surface area (Å²) in [5.41, 5.74) is -2.40. The van der Waals surface area contributed by atoms with Crippen molar-refractivity contribution in [1.82, 2.24) is 25.2 Å². The molecule has 284 valence electrons. The molecule has 6 rings (SSSR count). The maximum absolute atomic E-state index is 14.4. The topological polar surface area (TPSA) is 181 Å². The molecular formula is C35H45F2N5O9S. The number of ether oxygens (including phenoxy) is 2. The van der Waals surface area contributed by atoms with E-state index >= 15 is 0 Å². The second-order valence-electron chi connectivity index (χ2n) is 15.3. The summed E-state index contributed by atoms with van der Waals surface area (Å²) in [7, 11) is -3.95. The number of halogens is 2. The predicted octanol–water partition coefficient (Wildman–Crippen LogP) is 3.28. The van der Waals surface area contributed by atoms with E-state index in [1.54, 1.807) is 26.8 Å². The van der Waals surface area contributed by atoms with Crippen molar-refractivity contribution >= 4 is 39.9 Å². The number of carbonyl (C=O) groups excluding carboxylic acids is 5. The van der Waals surface area contributed by atoms with E-state index in [1.165, 1.54) is 4.90 Å². The van der Waals surface area contributed by atoms with E-state index < -0.39 is 92.1 Å². The van der Waals surface area contributed by atoms with Gasteiger partial charge in [-0.3, -0.25) is 24.0 Å². The lowest BCUT2D eigenvalue weighted by Crippen LogP contribution is -2.58. The van der Waals surface area contributed by atoms with E-state index in [0.29, 0.717) is 32.1 Å². The molecule has 3 N–H and O–H groups in total. The summed E-state index contributed by atoms with van der Waals surface area (Å²) in [6.07, 6.45) is 4.48. The van der Waals surface area contributed by atoms with Crippen LogP contribution in [0, 0.1) is 17.6 Å². The molecule has 1 aromatic carbocycles. The number of alkyl carbamates (subject to hydrolysis) is 1. The Morgan fingerprint density at radius 3 is 2.31 bits per heavy atom. The lowest BCUT2D eigenvalue weighted by molar-refractivity contribution is -0.141. The minimum Gasteiger partial charge on any atom is -0.444 e. The molecule has 2 saturated carbocycles. The van der Waals surface area contributed by atoms with Gasteiger partial charge in [0.25, 0.3) is 5.91 Å². The van der Waals surface area contributed by atoms with Gasteiger partial charge in [-0.25, -0.2) is 26.8 Å². The number of benzene rings is 1. The number of sulfonamides is 1. The Morgan fingerprint density at radius 2 is 1.67 bits per heavy atom. The molecule has 0 radical (unpaired) electrons. The number of rotatable bonds is 5. The molecule has 17 heteroatoms. The Balaban J connectivity index is 1.25. The summed E-state index contributed by atoms with van der Waals surface area (Å²) in [6.45, 7) is 4.27. The van der Waals surface area contributed by atoms with Crippen molar-refractivity contribution in [2.24, 2.45) is 5.92 Å². The Kier molecular flexibility index (Phi) is 10.3. The first-order valence-corrected chi connectivity index (χ1v) is 19.3.